The average Bonchev–Trinajstić information content (AvgIpc) is 3.21. The lowest BCUT2D eigenvalue weighted by atomic mass is 9.90. The predicted octanol–water partition coefficient (Wildman–Crippen LogP) is 5.43. The number of halogens is 1. The highest BCUT2D eigenvalue weighted by molar-refractivity contribution is 5.85. The molecule has 0 unspecified atom stereocenters. The highest BCUT2D eigenvalue weighted by Gasteiger charge is 2.28. The summed E-state index contributed by atoms with van der Waals surface area (Å²) in [5.74, 6) is -0.575. The molecule has 0 saturated carbocycles. The molecule has 1 aromatic heterocycles. The lowest BCUT2D eigenvalue weighted by molar-refractivity contribution is 0.0195. The van der Waals surface area contributed by atoms with Gasteiger partial charge in [0.2, 0.25) is 0 Å². The zero-order chi connectivity index (χ0) is 26.6. The molecule has 0 spiro atoms. The molecule has 0 aliphatic rings. The number of aliphatic hydroxyl groups is 1. The lowest BCUT2D eigenvalue weighted by Crippen LogP contribution is -2.30. The van der Waals surface area contributed by atoms with Crippen molar-refractivity contribution in [3.63, 3.8) is 0 Å². The topological polar surface area (TPSA) is 69.6 Å². The molecule has 6 heteroatoms. The standard InChI is InChI=1S/C29H33FN2O3/c1-29(2,20-35-18-22-11-7-4-8-12-22)28-14-23-13-26(31)25(30)15-27(23)32(28)16-24(33)19-34-17-21-9-5-3-6-10-21/h3-15,24,33H,16-20,31H2,1-2H3/t24-/m1/s1/i20D2. The van der Waals surface area contributed by atoms with Crippen LogP contribution in [0.5, 0.6) is 0 Å². The number of ether oxygens (including phenoxy) is 2. The van der Waals surface area contributed by atoms with E-state index in [1.54, 1.807) is 24.5 Å². The van der Waals surface area contributed by atoms with E-state index >= 15 is 0 Å². The van der Waals surface area contributed by atoms with E-state index in [9.17, 15) is 9.50 Å². The Morgan fingerprint density at radius 1 is 0.971 bits per heavy atom. The van der Waals surface area contributed by atoms with Gasteiger partial charge in [-0.2, -0.15) is 0 Å². The Morgan fingerprint density at radius 2 is 1.57 bits per heavy atom. The van der Waals surface area contributed by atoms with E-state index in [4.69, 9.17) is 17.9 Å². The summed E-state index contributed by atoms with van der Waals surface area (Å²) in [6.07, 6.45) is -0.911. The van der Waals surface area contributed by atoms with Gasteiger partial charge in [0.05, 0.1) is 53.0 Å². The third-order valence-corrected chi connectivity index (χ3v) is 5.88. The second-order valence-corrected chi connectivity index (χ2v) is 9.23. The summed E-state index contributed by atoms with van der Waals surface area (Å²) in [5, 5.41) is 11.5. The molecule has 1 atom stereocenters. The molecule has 1 heterocycles. The van der Waals surface area contributed by atoms with Crippen LogP contribution in [-0.4, -0.2) is 28.9 Å². The van der Waals surface area contributed by atoms with Crippen LogP contribution in [0.15, 0.2) is 78.9 Å². The summed E-state index contributed by atoms with van der Waals surface area (Å²) < 4.78 is 45.3. The van der Waals surface area contributed by atoms with E-state index in [2.05, 4.69) is 0 Å². The second-order valence-electron chi connectivity index (χ2n) is 9.23. The fourth-order valence-corrected chi connectivity index (χ4v) is 4.09. The van der Waals surface area contributed by atoms with Crippen molar-refractivity contribution in [2.45, 2.75) is 45.1 Å². The fourth-order valence-electron chi connectivity index (χ4n) is 4.09. The highest BCUT2D eigenvalue weighted by atomic mass is 19.1. The minimum absolute atomic E-state index is 0.00378. The molecule has 0 amide bonds. The number of benzene rings is 3. The Bertz CT molecular complexity index is 1330. The quantitative estimate of drug-likeness (QED) is 0.282. The summed E-state index contributed by atoms with van der Waals surface area (Å²) in [5.41, 5.74) is 7.56. The number of hydrogen-bond donors (Lipinski definition) is 2. The first-order valence-electron chi connectivity index (χ1n) is 12.6. The molecule has 5 nitrogen and oxygen atoms in total. The van der Waals surface area contributed by atoms with Gasteiger partial charge in [-0.25, -0.2) is 4.39 Å². The van der Waals surface area contributed by atoms with Gasteiger partial charge in [-0.3, -0.25) is 0 Å². The maximum atomic E-state index is 14.5. The van der Waals surface area contributed by atoms with Crippen molar-refractivity contribution in [2.24, 2.45) is 0 Å². The van der Waals surface area contributed by atoms with Crippen LogP contribution in [0.1, 0.15) is 33.4 Å². The molecule has 0 aliphatic heterocycles. The Labute approximate surface area is 208 Å². The van der Waals surface area contributed by atoms with Crippen molar-refractivity contribution in [3.8, 4) is 0 Å². The summed E-state index contributed by atoms with van der Waals surface area (Å²) in [6, 6.07) is 23.7. The van der Waals surface area contributed by atoms with E-state index in [1.165, 1.54) is 12.1 Å². The van der Waals surface area contributed by atoms with Gasteiger partial charge in [0.1, 0.15) is 5.82 Å². The smallest absolute Gasteiger partial charge is 0.148 e. The van der Waals surface area contributed by atoms with Gasteiger partial charge in [0.15, 0.2) is 0 Å². The molecule has 3 aromatic carbocycles. The second kappa shape index (κ2) is 11.0. The maximum absolute atomic E-state index is 14.5. The predicted molar refractivity (Wildman–Crippen MR) is 138 cm³/mol. The number of aromatic nitrogens is 1. The van der Waals surface area contributed by atoms with Crippen LogP contribution in [0.25, 0.3) is 10.9 Å². The minimum Gasteiger partial charge on any atom is -0.396 e. The number of nitrogens with zero attached hydrogens (tertiary/aromatic N) is 1. The zero-order valence-corrected chi connectivity index (χ0v) is 20.1. The highest BCUT2D eigenvalue weighted by Crippen LogP contribution is 2.33. The van der Waals surface area contributed by atoms with Crippen LogP contribution in [0.4, 0.5) is 10.1 Å². The normalized spacial score (nSPS) is 14.1. The Balaban J connectivity index is 1.60. The maximum Gasteiger partial charge on any atom is 0.148 e. The molecule has 0 aliphatic carbocycles. The Hall–Kier alpha value is -3.19. The Kier molecular flexibility index (Phi) is 7.03. The zero-order valence-electron chi connectivity index (χ0n) is 22.1. The monoisotopic (exact) mass is 478 g/mol. The molecular formula is C29H33FN2O3. The van der Waals surface area contributed by atoms with Crippen molar-refractivity contribution >= 4 is 16.6 Å². The molecule has 35 heavy (non-hydrogen) atoms. The van der Waals surface area contributed by atoms with Crippen LogP contribution in [0, 0.1) is 5.82 Å². The molecule has 0 saturated heterocycles. The number of fused-ring (bicyclic) bond motifs is 1. The first kappa shape index (κ1) is 22.3. The largest absolute Gasteiger partial charge is 0.396 e. The average molecular weight is 479 g/mol. The Morgan fingerprint density at radius 3 is 2.20 bits per heavy atom. The molecule has 0 bridgehead atoms. The summed E-state index contributed by atoms with van der Waals surface area (Å²) >= 11 is 0. The SMILES string of the molecule is [2H]C([2H])(OCc1ccccc1)C(C)(C)c1cc2cc(N)c(F)cc2n1C[C@@H](O)COCc1ccccc1. The number of hydrogen-bond acceptors (Lipinski definition) is 4. The number of nitrogens with two attached hydrogens (primary N) is 1. The van der Waals surface area contributed by atoms with Crippen molar-refractivity contribution in [1.82, 2.24) is 4.57 Å². The van der Waals surface area contributed by atoms with Crippen molar-refractivity contribution in [1.29, 1.82) is 0 Å². The van der Waals surface area contributed by atoms with Crippen LogP contribution in [-0.2, 0) is 34.6 Å². The van der Waals surface area contributed by atoms with Gasteiger partial charge < -0.3 is 24.9 Å². The number of aliphatic hydroxyl groups excluding tert-OH is 1. The molecule has 4 rings (SSSR count). The van der Waals surface area contributed by atoms with Gasteiger partial charge in [0, 0.05) is 22.6 Å². The molecular weight excluding hydrogens is 443 g/mol. The van der Waals surface area contributed by atoms with Gasteiger partial charge >= 0.3 is 0 Å². The summed E-state index contributed by atoms with van der Waals surface area (Å²) in [6.45, 7) is 1.96. The number of anilines is 1. The van der Waals surface area contributed by atoms with Gasteiger partial charge in [-0.1, -0.05) is 74.5 Å². The molecule has 0 fully saturated rings. The third-order valence-electron chi connectivity index (χ3n) is 5.88. The lowest BCUT2D eigenvalue weighted by Gasteiger charge is -2.28. The molecule has 184 valence electrons. The van der Waals surface area contributed by atoms with E-state index in [-0.39, 0.29) is 25.4 Å². The summed E-state index contributed by atoms with van der Waals surface area (Å²) in [7, 11) is 0. The molecule has 4 aromatic rings. The van der Waals surface area contributed by atoms with E-state index in [1.807, 2.05) is 60.7 Å². The van der Waals surface area contributed by atoms with E-state index in [0.717, 1.165) is 11.1 Å². The van der Waals surface area contributed by atoms with Crippen LogP contribution >= 0.6 is 0 Å². The van der Waals surface area contributed by atoms with Gasteiger partial charge in [0.25, 0.3) is 0 Å². The molecule has 3 N–H and O–H groups in total. The minimum atomic E-state index is -2.09. The fraction of sp³-hybridized carbons (Fsp3) is 0.310. The van der Waals surface area contributed by atoms with Crippen LogP contribution in [0.2, 0.25) is 0 Å². The first-order chi connectivity index (χ1) is 17.6. The summed E-state index contributed by atoms with van der Waals surface area (Å²) in [4.78, 5) is 0. The van der Waals surface area contributed by atoms with Crippen molar-refractivity contribution < 1.29 is 21.7 Å². The van der Waals surface area contributed by atoms with Crippen LogP contribution in [0.3, 0.4) is 0 Å². The van der Waals surface area contributed by atoms with E-state index in [0.29, 0.717) is 23.2 Å². The molecule has 0 radical (unpaired) electrons. The van der Waals surface area contributed by atoms with Crippen molar-refractivity contribution in [2.75, 3.05) is 18.9 Å². The number of nitrogen functional groups attached to an aromatic ring is 1. The van der Waals surface area contributed by atoms with E-state index < -0.39 is 23.9 Å². The number of rotatable bonds is 11. The van der Waals surface area contributed by atoms with Gasteiger partial charge in [-0.05, 0) is 23.3 Å². The first-order valence-corrected chi connectivity index (χ1v) is 11.6. The van der Waals surface area contributed by atoms with Gasteiger partial charge in [-0.15, -0.1) is 0 Å². The third kappa shape index (κ3) is 6.28. The van der Waals surface area contributed by atoms with Crippen molar-refractivity contribution in [3.05, 3.63) is 102 Å². The van der Waals surface area contributed by atoms with Crippen LogP contribution < -0.4 is 5.73 Å².